The van der Waals surface area contributed by atoms with Crippen LogP contribution in [0.2, 0.25) is 0 Å². The summed E-state index contributed by atoms with van der Waals surface area (Å²) in [7, 11) is 1.64. The number of methoxy groups -OCH3 is 1. The maximum atomic E-state index is 11.4. The number of ether oxygens (including phenoxy) is 1. The summed E-state index contributed by atoms with van der Waals surface area (Å²) >= 11 is 0. The second kappa shape index (κ2) is 8.02. The Morgan fingerprint density at radius 2 is 2.29 bits per heavy atom. The number of imidazole rings is 2. The minimum Gasteiger partial charge on any atom is -0.497 e. The van der Waals surface area contributed by atoms with Crippen molar-refractivity contribution in [2.75, 3.05) is 20.2 Å². The molecule has 0 bridgehead atoms. The Kier molecular flexibility index (Phi) is 5.29. The number of hydrogen-bond donors (Lipinski definition) is 3. The molecule has 0 spiro atoms. The first-order valence-corrected chi connectivity index (χ1v) is 9.54. The van der Waals surface area contributed by atoms with Crippen molar-refractivity contribution in [3.63, 3.8) is 0 Å². The van der Waals surface area contributed by atoms with Crippen LogP contribution in [0.3, 0.4) is 0 Å². The first-order chi connectivity index (χ1) is 13.6. The van der Waals surface area contributed by atoms with Crippen LogP contribution < -0.4 is 4.74 Å². The van der Waals surface area contributed by atoms with Crippen LogP contribution in [-0.4, -0.2) is 56.1 Å². The summed E-state index contributed by atoms with van der Waals surface area (Å²) in [6, 6.07) is 5.77. The van der Waals surface area contributed by atoms with Gasteiger partial charge in [0.05, 0.1) is 24.5 Å². The number of nitrogens with zero attached hydrogens (tertiary/aromatic N) is 3. The van der Waals surface area contributed by atoms with Crippen LogP contribution in [0.4, 0.5) is 0 Å². The number of carboxylic acids is 1. The van der Waals surface area contributed by atoms with E-state index >= 15 is 0 Å². The summed E-state index contributed by atoms with van der Waals surface area (Å²) in [5, 5.41) is 9.33. The van der Waals surface area contributed by atoms with Gasteiger partial charge in [0.15, 0.2) is 0 Å². The molecule has 148 valence electrons. The van der Waals surface area contributed by atoms with Gasteiger partial charge >= 0.3 is 5.97 Å². The molecule has 0 saturated carbocycles. The Bertz CT molecular complexity index is 937. The van der Waals surface area contributed by atoms with Gasteiger partial charge in [-0.15, -0.1) is 0 Å². The summed E-state index contributed by atoms with van der Waals surface area (Å²) < 4.78 is 5.28. The van der Waals surface area contributed by atoms with E-state index in [1.54, 1.807) is 13.4 Å². The van der Waals surface area contributed by atoms with E-state index in [2.05, 4.69) is 19.9 Å². The van der Waals surface area contributed by atoms with E-state index in [-0.39, 0.29) is 18.3 Å². The fourth-order valence-corrected chi connectivity index (χ4v) is 4.15. The third kappa shape index (κ3) is 4.17. The quantitative estimate of drug-likeness (QED) is 0.578. The van der Waals surface area contributed by atoms with Crippen LogP contribution in [0, 0.1) is 11.8 Å². The van der Waals surface area contributed by atoms with Crippen molar-refractivity contribution in [2.45, 2.75) is 25.8 Å². The highest BCUT2D eigenvalue weighted by molar-refractivity contribution is 5.76. The van der Waals surface area contributed by atoms with Crippen molar-refractivity contribution in [1.82, 2.24) is 24.8 Å². The molecule has 1 saturated heterocycles. The van der Waals surface area contributed by atoms with Crippen molar-refractivity contribution < 1.29 is 14.6 Å². The molecule has 28 heavy (non-hydrogen) atoms. The predicted octanol–water partition coefficient (Wildman–Crippen LogP) is 2.45. The Morgan fingerprint density at radius 3 is 3.04 bits per heavy atom. The van der Waals surface area contributed by atoms with Crippen LogP contribution >= 0.6 is 0 Å². The number of benzene rings is 1. The smallest absolute Gasteiger partial charge is 0.303 e. The molecule has 0 radical (unpaired) electrons. The van der Waals surface area contributed by atoms with Gasteiger partial charge < -0.3 is 19.8 Å². The third-order valence-electron chi connectivity index (χ3n) is 5.55. The number of carboxylic acid groups (broad SMARTS) is 1. The number of aromatic amines is 2. The van der Waals surface area contributed by atoms with Crippen LogP contribution in [0.5, 0.6) is 5.75 Å². The zero-order valence-electron chi connectivity index (χ0n) is 15.9. The van der Waals surface area contributed by atoms with Gasteiger partial charge in [-0.3, -0.25) is 9.69 Å². The molecule has 3 N–H and O–H groups in total. The average Bonchev–Trinajstić information content (AvgIpc) is 3.32. The first kappa shape index (κ1) is 18.5. The lowest BCUT2D eigenvalue weighted by atomic mass is 9.81. The Labute approximate surface area is 163 Å². The number of carbonyl (C=O) groups is 1. The van der Waals surface area contributed by atoms with E-state index in [0.717, 1.165) is 60.8 Å². The largest absolute Gasteiger partial charge is 0.497 e. The van der Waals surface area contributed by atoms with Gasteiger partial charge in [0.1, 0.15) is 11.6 Å². The molecule has 1 aromatic carbocycles. The molecule has 2 aromatic heterocycles. The molecule has 3 heterocycles. The number of rotatable bonds is 7. The zero-order chi connectivity index (χ0) is 19.5. The number of nitrogens with one attached hydrogen (secondary N) is 2. The molecule has 8 nitrogen and oxygen atoms in total. The number of piperidine rings is 1. The summed E-state index contributed by atoms with van der Waals surface area (Å²) in [5.41, 5.74) is 2.91. The summed E-state index contributed by atoms with van der Waals surface area (Å²) in [6.07, 6.45) is 5.34. The summed E-state index contributed by atoms with van der Waals surface area (Å²) in [4.78, 5) is 29.0. The molecule has 0 unspecified atom stereocenters. The number of hydrogen-bond acceptors (Lipinski definition) is 5. The third-order valence-corrected chi connectivity index (χ3v) is 5.55. The molecule has 0 aliphatic carbocycles. The van der Waals surface area contributed by atoms with E-state index in [1.807, 2.05) is 24.4 Å². The molecule has 4 rings (SSSR count). The average molecular weight is 383 g/mol. The number of aromatic nitrogens is 4. The Morgan fingerprint density at radius 1 is 1.39 bits per heavy atom. The first-order valence-electron chi connectivity index (χ1n) is 9.54. The molecule has 8 heteroatoms. The second-order valence-corrected chi connectivity index (χ2v) is 7.49. The zero-order valence-corrected chi connectivity index (χ0v) is 15.9. The van der Waals surface area contributed by atoms with Crippen LogP contribution in [0.25, 0.3) is 11.0 Å². The van der Waals surface area contributed by atoms with Crippen molar-refractivity contribution in [2.24, 2.45) is 11.8 Å². The van der Waals surface area contributed by atoms with Gasteiger partial charge in [-0.05, 0) is 36.9 Å². The normalized spacial score (nSPS) is 20.5. The minimum absolute atomic E-state index is 0.151. The summed E-state index contributed by atoms with van der Waals surface area (Å²) in [6.45, 7) is 2.54. The summed E-state index contributed by atoms with van der Waals surface area (Å²) in [5.74, 6) is 1.33. The fourth-order valence-electron chi connectivity index (χ4n) is 4.15. The van der Waals surface area contributed by atoms with Gasteiger partial charge in [0.25, 0.3) is 0 Å². The highest BCUT2D eigenvalue weighted by Gasteiger charge is 2.31. The maximum absolute atomic E-state index is 11.4. The van der Waals surface area contributed by atoms with Gasteiger partial charge in [-0.2, -0.15) is 0 Å². The van der Waals surface area contributed by atoms with E-state index in [4.69, 9.17) is 9.72 Å². The van der Waals surface area contributed by atoms with Crippen LogP contribution in [0.1, 0.15) is 24.4 Å². The van der Waals surface area contributed by atoms with E-state index in [1.165, 1.54) is 0 Å². The van der Waals surface area contributed by atoms with Crippen LogP contribution in [0.15, 0.2) is 30.7 Å². The van der Waals surface area contributed by atoms with Crippen molar-refractivity contribution >= 4 is 17.0 Å². The minimum atomic E-state index is -0.730. The number of aliphatic carboxylic acids is 1. The van der Waals surface area contributed by atoms with Crippen LogP contribution in [-0.2, 0) is 17.8 Å². The monoisotopic (exact) mass is 383 g/mol. The highest BCUT2D eigenvalue weighted by Crippen LogP contribution is 2.30. The fraction of sp³-hybridized carbons (Fsp3) is 0.450. The van der Waals surface area contributed by atoms with E-state index in [9.17, 15) is 9.90 Å². The molecule has 2 atom stereocenters. The molecular formula is C20H25N5O3. The molecule has 1 aliphatic rings. The van der Waals surface area contributed by atoms with Crippen molar-refractivity contribution in [3.05, 3.63) is 42.2 Å². The lowest BCUT2D eigenvalue weighted by Crippen LogP contribution is -2.41. The Hall–Kier alpha value is -2.87. The number of likely N-dealkylation sites (tertiary alicyclic amines) is 1. The second-order valence-electron chi connectivity index (χ2n) is 7.49. The SMILES string of the molecule is COc1ccc2nc(C[C@H]3CN(Cc4cnc[nH]4)CC[C@H]3CC(=O)O)[nH]c2c1. The van der Waals surface area contributed by atoms with E-state index < -0.39 is 5.97 Å². The predicted molar refractivity (Wildman–Crippen MR) is 104 cm³/mol. The lowest BCUT2D eigenvalue weighted by molar-refractivity contribution is -0.139. The van der Waals surface area contributed by atoms with Gasteiger partial charge in [0.2, 0.25) is 0 Å². The topological polar surface area (TPSA) is 107 Å². The lowest BCUT2D eigenvalue weighted by Gasteiger charge is -2.37. The molecule has 0 amide bonds. The van der Waals surface area contributed by atoms with Gasteiger partial charge in [-0.1, -0.05) is 0 Å². The highest BCUT2D eigenvalue weighted by atomic mass is 16.5. The van der Waals surface area contributed by atoms with Gasteiger partial charge in [-0.25, -0.2) is 9.97 Å². The van der Waals surface area contributed by atoms with Crippen molar-refractivity contribution in [3.8, 4) is 5.75 Å². The molecule has 1 fully saturated rings. The van der Waals surface area contributed by atoms with Crippen molar-refractivity contribution in [1.29, 1.82) is 0 Å². The molecule has 3 aromatic rings. The number of fused-ring (bicyclic) bond motifs is 1. The maximum Gasteiger partial charge on any atom is 0.303 e. The van der Waals surface area contributed by atoms with Gasteiger partial charge in [0, 0.05) is 43.9 Å². The standard InChI is InChI=1S/C20H25N5O3/c1-28-16-2-3-17-18(8-16)24-19(23-17)6-14-10-25(11-15-9-21-12-22-15)5-4-13(14)7-20(26)27/h2-3,8-9,12-14H,4-7,10-11H2,1H3,(H,21,22)(H,23,24)(H,26,27)/t13-,14-/m0/s1. The Balaban J connectivity index is 1.51. The molecular weight excluding hydrogens is 358 g/mol. The molecule has 1 aliphatic heterocycles. The van der Waals surface area contributed by atoms with E-state index in [0.29, 0.717) is 0 Å². The number of H-pyrrole nitrogens is 2.